The first-order valence-corrected chi connectivity index (χ1v) is 5.82. The molecule has 6 nitrogen and oxygen atoms in total. The molecule has 0 aliphatic heterocycles. The first kappa shape index (κ1) is 11.5. The highest BCUT2D eigenvalue weighted by Gasteiger charge is 2.06. The number of hydrogen-bond acceptors (Lipinski definition) is 5. The fourth-order valence-corrected chi connectivity index (χ4v) is 2.08. The summed E-state index contributed by atoms with van der Waals surface area (Å²) in [6.45, 7) is 0. The van der Waals surface area contributed by atoms with E-state index in [9.17, 15) is 4.79 Å². The molecule has 1 heterocycles. The van der Waals surface area contributed by atoms with Crippen molar-refractivity contribution >= 4 is 23.4 Å². The summed E-state index contributed by atoms with van der Waals surface area (Å²) in [5, 5.41) is 7.21. The standard InChI is InChI=1S/C10H11N5OS/c11-8-3-6(9(12)16)1-2-7(8)4-17-10-13-5-14-15-10/h1-3,5H,4,11H2,(H2,12,16)(H,13,14,15). The zero-order chi connectivity index (χ0) is 12.3. The van der Waals surface area contributed by atoms with Crippen molar-refractivity contribution in [3.05, 3.63) is 35.7 Å². The first-order valence-electron chi connectivity index (χ1n) is 4.83. The van der Waals surface area contributed by atoms with E-state index in [2.05, 4.69) is 15.2 Å². The fourth-order valence-electron chi connectivity index (χ4n) is 1.29. The zero-order valence-corrected chi connectivity index (χ0v) is 9.70. The van der Waals surface area contributed by atoms with Crippen LogP contribution in [0.25, 0.3) is 0 Å². The van der Waals surface area contributed by atoms with Crippen LogP contribution in [0.15, 0.2) is 29.7 Å². The second kappa shape index (κ2) is 4.88. The quantitative estimate of drug-likeness (QED) is 0.547. The lowest BCUT2D eigenvalue weighted by Gasteiger charge is -2.05. The fraction of sp³-hybridized carbons (Fsp3) is 0.100. The van der Waals surface area contributed by atoms with E-state index in [-0.39, 0.29) is 0 Å². The maximum atomic E-state index is 10.9. The van der Waals surface area contributed by atoms with Crippen LogP contribution in [0, 0.1) is 0 Å². The van der Waals surface area contributed by atoms with Crippen molar-refractivity contribution < 1.29 is 4.79 Å². The molecule has 0 aliphatic rings. The number of nitrogens with one attached hydrogen (secondary N) is 1. The number of rotatable bonds is 4. The molecule has 0 atom stereocenters. The number of thioether (sulfide) groups is 1. The van der Waals surface area contributed by atoms with Gasteiger partial charge in [0.2, 0.25) is 5.91 Å². The van der Waals surface area contributed by atoms with E-state index in [4.69, 9.17) is 11.5 Å². The minimum Gasteiger partial charge on any atom is -0.398 e. The molecule has 1 aromatic heterocycles. The highest BCUT2D eigenvalue weighted by Crippen LogP contribution is 2.23. The third-order valence-corrected chi connectivity index (χ3v) is 3.11. The largest absolute Gasteiger partial charge is 0.398 e. The molecule has 1 amide bonds. The van der Waals surface area contributed by atoms with Gasteiger partial charge in [-0.25, -0.2) is 4.98 Å². The minimum atomic E-state index is -0.480. The van der Waals surface area contributed by atoms with E-state index in [1.54, 1.807) is 18.2 Å². The number of carbonyl (C=O) groups is 1. The van der Waals surface area contributed by atoms with Crippen LogP contribution in [0.1, 0.15) is 15.9 Å². The number of anilines is 1. The van der Waals surface area contributed by atoms with Gasteiger partial charge in [-0.3, -0.25) is 9.89 Å². The average Bonchev–Trinajstić information content (AvgIpc) is 2.80. The summed E-state index contributed by atoms with van der Waals surface area (Å²) in [6.07, 6.45) is 1.45. The Morgan fingerprint density at radius 2 is 2.29 bits per heavy atom. The van der Waals surface area contributed by atoms with Crippen molar-refractivity contribution in [2.75, 3.05) is 5.73 Å². The summed E-state index contributed by atoms with van der Waals surface area (Å²) in [5.41, 5.74) is 12.9. The molecule has 1 aromatic carbocycles. The van der Waals surface area contributed by atoms with Crippen molar-refractivity contribution in [1.29, 1.82) is 0 Å². The minimum absolute atomic E-state index is 0.413. The third kappa shape index (κ3) is 2.76. The number of benzene rings is 1. The summed E-state index contributed by atoms with van der Waals surface area (Å²) in [7, 11) is 0. The number of H-pyrrole nitrogens is 1. The highest BCUT2D eigenvalue weighted by molar-refractivity contribution is 7.98. The summed E-state index contributed by atoms with van der Waals surface area (Å²) in [6, 6.07) is 5.03. The molecule has 0 fully saturated rings. The van der Waals surface area contributed by atoms with Gasteiger partial charge in [0, 0.05) is 17.0 Å². The number of carbonyl (C=O) groups excluding carboxylic acids is 1. The molecular formula is C10H11N5OS. The molecule has 17 heavy (non-hydrogen) atoms. The Morgan fingerprint density at radius 3 is 2.88 bits per heavy atom. The highest BCUT2D eigenvalue weighted by atomic mass is 32.2. The van der Waals surface area contributed by atoms with Gasteiger partial charge in [0.1, 0.15) is 6.33 Å². The smallest absolute Gasteiger partial charge is 0.248 e. The number of nitrogens with zero attached hydrogens (tertiary/aromatic N) is 2. The van der Waals surface area contributed by atoms with Crippen LogP contribution in [0.4, 0.5) is 5.69 Å². The summed E-state index contributed by atoms with van der Waals surface area (Å²) in [5.74, 6) is 0.172. The number of primary amides is 1. The number of aromatic nitrogens is 3. The maximum Gasteiger partial charge on any atom is 0.248 e. The summed E-state index contributed by atoms with van der Waals surface area (Å²) in [4.78, 5) is 14.9. The lowest BCUT2D eigenvalue weighted by atomic mass is 10.1. The number of aromatic amines is 1. The van der Waals surface area contributed by atoms with Crippen molar-refractivity contribution in [1.82, 2.24) is 15.2 Å². The second-order valence-corrected chi connectivity index (χ2v) is 4.32. The van der Waals surface area contributed by atoms with Crippen LogP contribution >= 0.6 is 11.8 Å². The van der Waals surface area contributed by atoms with Gasteiger partial charge in [0.05, 0.1) is 0 Å². The molecule has 0 spiro atoms. The molecule has 0 radical (unpaired) electrons. The lowest BCUT2D eigenvalue weighted by Crippen LogP contribution is -2.11. The van der Waals surface area contributed by atoms with E-state index < -0.39 is 5.91 Å². The molecule has 0 unspecified atom stereocenters. The van der Waals surface area contributed by atoms with Gasteiger partial charge in [-0.15, -0.1) is 0 Å². The van der Waals surface area contributed by atoms with Gasteiger partial charge >= 0.3 is 0 Å². The predicted octanol–water partition coefficient (Wildman–Crippen LogP) is 0.778. The topological polar surface area (TPSA) is 111 Å². The molecule has 5 N–H and O–H groups in total. The first-order chi connectivity index (χ1) is 8.16. The van der Waals surface area contributed by atoms with Gasteiger partial charge < -0.3 is 11.5 Å². The van der Waals surface area contributed by atoms with Gasteiger partial charge in [-0.1, -0.05) is 17.8 Å². The SMILES string of the molecule is NC(=O)c1ccc(CSc2ncn[nH]2)c(N)c1. The number of hydrogen-bond donors (Lipinski definition) is 3. The van der Waals surface area contributed by atoms with E-state index in [1.165, 1.54) is 18.1 Å². The van der Waals surface area contributed by atoms with Crippen molar-refractivity contribution in [2.45, 2.75) is 10.9 Å². The molecule has 2 aromatic rings. The second-order valence-electron chi connectivity index (χ2n) is 3.36. The Bertz CT molecular complexity index is 525. The van der Waals surface area contributed by atoms with Crippen LogP contribution in [0.5, 0.6) is 0 Å². The Balaban J connectivity index is 2.09. The number of nitrogens with two attached hydrogens (primary N) is 2. The Morgan fingerprint density at radius 1 is 1.47 bits per heavy atom. The van der Waals surface area contributed by atoms with Crippen LogP contribution in [-0.2, 0) is 5.75 Å². The lowest BCUT2D eigenvalue weighted by molar-refractivity contribution is 0.100. The van der Waals surface area contributed by atoms with Crippen LogP contribution in [-0.4, -0.2) is 21.1 Å². The van der Waals surface area contributed by atoms with Crippen LogP contribution in [0.2, 0.25) is 0 Å². The molecular weight excluding hydrogens is 238 g/mol. The number of nitrogen functional groups attached to an aromatic ring is 1. The molecule has 0 saturated carbocycles. The molecule has 88 valence electrons. The molecule has 0 bridgehead atoms. The molecule has 0 aliphatic carbocycles. The Hall–Kier alpha value is -2.02. The van der Waals surface area contributed by atoms with Crippen LogP contribution < -0.4 is 11.5 Å². The van der Waals surface area contributed by atoms with E-state index in [0.717, 1.165) is 10.7 Å². The monoisotopic (exact) mass is 249 g/mol. The van der Waals surface area contributed by atoms with Crippen molar-refractivity contribution in [3.8, 4) is 0 Å². The zero-order valence-electron chi connectivity index (χ0n) is 8.88. The van der Waals surface area contributed by atoms with Gasteiger partial charge in [0.25, 0.3) is 0 Å². The van der Waals surface area contributed by atoms with E-state index >= 15 is 0 Å². The average molecular weight is 249 g/mol. The normalized spacial score (nSPS) is 10.4. The van der Waals surface area contributed by atoms with Gasteiger partial charge in [0.15, 0.2) is 5.16 Å². The summed E-state index contributed by atoms with van der Waals surface area (Å²) < 4.78 is 0. The Kier molecular flexibility index (Phi) is 3.29. The number of amides is 1. The van der Waals surface area contributed by atoms with Crippen molar-refractivity contribution in [3.63, 3.8) is 0 Å². The molecule has 0 saturated heterocycles. The summed E-state index contributed by atoms with van der Waals surface area (Å²) >= 11 is 1.48. The van der Waals surface area contributed by atoms with Crippen LogP contribution in [0.3, 0.4) is 0 Å². The maximum absolute atomic E-state index is 10.9. The molecule has 7 heteroatoms. The molecule has 2 rings (SSSR count). The van der Waals surface area contributed by atoms with Crippen molar-refractivity contribution in [2.24, 2.45) is 5.73 Å². The van der Waals surface area contributed by atoms with E-state index in [1.807, 2.05) is 0 Å². The predicted molar refractivity (Wildman–Crippen MR) is 65.3 cm³/mol. The van der Waals surface area contributed by atoms with Gasteiger partial charge in [-0.2, -0.15) is 5.10 Å². The third-order valence-electron chi connectivity index (χ3n) is 2.19. The van der Waals surface area contributed by atoms with Gasteiger partial charge in [-0.05, 0) is 17.7 Å². The van der Waals surface area contributed by atoms with E-state index in [0.29, 0.717) is 17.0 Å². The Labute approximate surface area is 102 Å².